The minimum absolute atomic E-state index is 0.0940. The standard InChI is InChI=1S/C24H18Cl3N5OS/c1-15(20-12-11-18(26)13-21(20)27)28-29-22(33)14-34-24-31-30-23(16-7-9-17(25)10-8-16)32(24)19-5-3-2-4-6-19/h2-13H,14H2,1H3,(H,29,33). The summed E-state index contributed by atoms with van der Waals surface area (Å²) in [6.45, 7) is 1.76. The van der Waals surface area contributed by atoms with Gasteiger partial charge < -0.3 is 0 Å². The normalized spacial score (nSPS) is 11.5. The van der Waals surface area contributed by atoms with Crippen molar-refractivity contribution in [1.29, 1.82) is 0 Å². The number of halogens is 3. The quantitative estimate of drug-likeness (QED) is 0.168. The molecule has 6 nitrogen and oxygen atoms in total. The highest BCUT2D eigenvalue weighted by Gasteiger charge is 2.17. The molecule has 1 amide bonds. The zero-order chi connectivity index (χ0) is 24.1. The highest BCUT2D eigenvalue weighted by atomic mass is 35.5. The van der Waals surface area contributed by atoms with Crippen LogP contribution in [0.1, 0.15) is 12.5 Å². The Morgan fingerprint density at radius 3 is 2.38 bits per heavy atom. The number of nitrogens with zero attached hydrogens (tertiary/aromatic N) is 4. The van der Waals surface area contributed by atoms with Gasteiger partial charge in [0.25, 0.3) is 5.91 Å². The Morgan fingerprint density at radius 1 is 0.971 bits per heavy atom. The minimum Gasteiger partial charge on any atom is -0.272 e. The number of nitrogens with one attached hydrogen (secondary N) is 1. The average Bonchev–Trinajstić information content (AvgIpc) is 3.26. The zero-order valence-corrected chi connectivity index (χ0v) is 21.0. The molecule has 0 fully saturated rings. The molecule has 0 saturated heterocycles. The van der Waals surface area contributed by atoms with Crippen molar-refractivity contribution >= 4 is 58.2 Å². The number of carbonyl (C=O) groups excluding carboxylic acids is 1. The smallest absolute Gasteiger partial charge is 0.250 e. The van der Waals surface area contributed by atoms with Gasteiger partial charge in [-0.2, -0.15) is 5.10 Å². The van der Waals surface area contributed by atoms with E-state index in [1.54, 1.807) is 37.3 Å². The second kappa shape index (κ2) is 11.1. The molecule has 3 aromatic carbocycles. The topological polar surface area (TPSA) is 72.2 Å². The number of benzene rings is 3. The summed E-state index contributed by atoms with van der Waals surface area (Å²) in [6, 6.07) is 22.2. The molecular formula is C24H18Cl3N5OS. The molecule has 1 heterocycles. The molecule has 4 aromatic rings. The van der Waals surface area contributed by atoms with Crippen LogP contribution in [0.15, 0.2) is 83.1 Å². The lowest BCUT2D eigenvalue weighted by Crippen LogP contribution is -2.21. The summed E-state index contributed by atoms with van der Waals surface area (Å²) < 4.78 is 1.91. The molecule has 172 valence electrons. The first-order valence-electron chi connectivity index (χ1n) is 10.1. The fourth-order valence-corrected chi connectivity index (χ4v) is 4.53. The number of thioether (sulfide) groups is 1. The summed E-state index contributed by atoms with van der Waals surface area (Å²) in [4.78, 5) is 12.5. The highest BCUT2D eigenvalue weighted by molar-refractivity contribution is 7.99. The van der Waals surface area contributed by atoms with E-state index in [1.165, 1.54) is 11.8 Å². The van der Waals surface area contributed by atoms with E-state index in [1.807, 2.05) is 47.0 Å². The first-order valence-corrected chi connectivity index (χ1v) is 12.2. The summed E-state index contributed by atoms with van der Waals surface area (Å²) in [6.07, 6.45) is 0. The summed E-state index contributed by atoms with van der Waals surface area (Å²) in [5.41, 5.74) is 5.56. The number of aromatic nitrogens is 3. The van der Waals surface area contributed by atoms with Crippen LogP contribution in [0.3, 0.4) is 0 Å². The Balaban J connectivity index is 1.51. The fraction of sp³-hybridized carbons (Fsp3) is 0.0833. The first-order chi connectivity index (χ1) is 16.4. The lowest BCUT2D eigenvalue weighted by Gasteiger charge is -2.10. The van der Waals surface area contributed by atoms with E-state index < -0.39 is 0 Å². The maximum Gasteiger partial charge on any atom is 0.250 e. The fourth-order valence-electron chi connectivity index (χ4n) is 3.11. The lowest BCUT2D eigenvalue weighted by atomic mass is 10.1. The van der Waals surface area contributed by atoms with Gasteiger partial charge in [0.05, 0.1) is 16.5 Å². The second-order valence-electron chi connectivity index (χ2n) is 7.13. The van der Waals surface area contributed by atoms with Crippen LogP contribution in [-0.2, 0) is 4.79 Å². The average molecular weight is 531 g/mol. The molecule has 34 heavy (non-hydrogen) atoms. The van der Waals surface area contributed by atoms with E-state index >= 15 is 0 Å². The molecule has 1 N–H and O–H groups in total. The first kappa shape index (κ1) is 24.3. The molecule has 10 heteroatoms. The number of hydrogen-bond donors (Lipinski definition) is 1. The van der Waals surface area contributed by atoms with E-state index in [0.29, 0.717) is 37.3 Å². The van der Waals surface area contributed by atoms with Gasteiger partial charge in [0.2, 0.25) is 0 Å². The number of carbonyl (C=O) groups is 1. The molecule has 0 unspecified atom stereocenters. The molecule has 0 saturated carbocycles. The SMILES string of the molecule is CC(=NNC(=O)CSc1nnc(-c2ccc(Cl)cc2)n1-c1ccccc1)c1ccc(Cl)cc1Cl. The van der Waals surface area contributed by atoms with Gasteiger partial charge in [0.1, 0.15) is 0 Å². The predicted molar refractivity (Wildman–Crippen MR) is 139 cm³/mol. The molecule has 0 radical (unpaired) electrons. The van der Waals surface area contributed by atoms with Crippen molar-refractivity contribution in [1.82, 2.24) is 20.2 Å². The Morgan fingerprint density at radius 2 is 1.68 bits per heavy atom. The molecule has 0 spiro atoms. The highest BCUT2D eigenvalue weighted by Crippen LogP contribution is 2.28. The summed E-state index contributed by atoms with van der Waals surface area (Å²) >= 11 is 19.4. The number of rotatable bonds is 7. The van der Waals surface area contributed by atoms with Crippen LogP contribution in [0.4, 0.5) is 0 Å². The number of hydrogen-bond acceptors (Lipinski definition) is 5. The molecule has 0 atom stereocenters. The van der Waals surface area contributed by atoms with E-state index in [2.05, 4.69) is 20.7 Å². The Bertz CT molecular complexity index is 1340. The Hall–Kier alpha value is -2.84. The van der Waals surface area contributed by atoms with Gasteiger partial charge in [-0.3, -0.25) is 9.36 Å². The molecule has 0 aliphatic rings. The van der Waals surface area contributed by atoms with Crippen LogP contribution in [0, 0.1) is 0 Å². The third kappa shape index (κ3) is 5.80. The largest absolute Gasteiger partial charge is 0.272 e. The summed E-state index contributed by atoms with van der Waals surface area (Å²) in [7, 11) is 0. The van der Waals surface area contributed by atoms with Crippen molar-refractivity contribution in [3.8, 4) is 17.1 Å². The summed E-state index contributed by atoms with van der Waals surface area (Å²) in [5, 5.41) is 15.1. The van der Waals surface area contributed by atoms with E-state index in [0.717, 1.165) is 11.3 Å². The molecule has 0 aliphatic carbocycles. The molecule has 1 aromatic heterocycles. The number of amides is 1. The van der Waals surface area contributed by atoms with Crippen LogP contribution >= 0.6 is 46.6 Å². The van der Waals surface area contributed by atoms with Crippen LogP contribution in [0.5, 0.6) is 0 Å². The minimum atomic E-state index is -0.287. The maximum absolute atomic E-state index is 12.5. The van der Waals surface area contributed by atoms with Gasteiger partial charge in [-0.05, 0) is 55.5 Å². The third-order valence-electron chi connectivity index (χ3n) is 4.75. The van der Waals surface area contributed by atoms with Crippen LogP contribution in [0.2, 0.25) is 15.1 Å². The second-order valence-corrected chi connectivity index (χ2v) is 9.35. The van der Waals surface area contributed by atoms with Gasteiger partial charge in [0, 0.05) is 26.9 Å². The van der Waals surface area contributed by atoms with Crippen molar-refractivity contribution in [2.24, 2.45) is 5.10 Å². The number of hydrazone groups is 1. The third-order valence-corrected chi connectivity index (χ3v) is 6.48. The van der Waals surface area contributed by atoms with Gasteiger partial charge in [-0.25, -0.2) is 5.43 Å². The van der Waals surface area contributed by atoms with E-state index in [9.17, 15) is 4.79 Å². The van der Waals surface area contributed by atoms with Gasteiger partial charge >= 0.3 is 0 Å². The predicted octanol–water partition coefficient (Wildman–Crippen LogP) is 6.53. The van der Waals surface area contributed by atoms with Crippen LogP contribution in [0.25, 0.3) is 17.1 Å². The van der Waals surface area contributed by atoms with Crippen molar-refractivity contribution < 1.29 is 4.79 Å². The molecule has 4 rings (SSSR count). The van der Waals surface area contributed by atoms with Crippen molar-refractivity contribution in [3.63, 3.8) is 0 Å². The van der Waals surface area contributed by atoms with Gasteiger partial charge in [0.15, 0.2) is 11.0 Å². The van der Waals surface area contributed by atoms with Crippen molar-refractivity contribution in [3.05, 3.63) is 93.4 Å². The van der Waals surface area contributed by atoms with Crippen LogP contribution in [-0.4, -0.2) is 32.1 Å². The Labute approximate surface area is 215 Å². The molecular weight excluding hydrogens is 513 g/mol. The van der Waals surface area contributed by atoms with Crippen LogP contribution < -0.4 is 5.43 Å². The zero-order valence-electron chi connectivity index (χ0n) is 17.9. The monoisotopic (exact) mass is 529 g/mol. The van der Waals surface area contributed by atoms with Crippen molar-refractivity contribution in [2.45, 2.75) is 12.1 Å². The van der Waals surface area contributed by atoms with Crippen molar-refractivity contribution in [2.75, 3.05) is 5.75 Å². The Kier molecular flexibility index (Phi) is 7.90. The van der Waals surface area contributed by atoms with E-state index in [4.69, 9.17) is 34.8 Å². The van der Waals surface area contributed by atoms with E-state index in [-0.39, 0.29) is 11.7 Å². The molecule has 0 aliphatic heterocycles. The number of para-hydroxylation sites is 1. The molecule has 0 bridgehead atoms. The summed E-state index contributed by atoms with van der Waals surface area (Å²) in [5.74, 6) is 0.457. The van der Waals surface area contributed by atoms with Gasteiger partial charge in [-0.15, -0.1) is 10.2 Å². The lowest BCUT2D eigenvalue weighted by molar-refractivity contribution is -0.118. The van der Waals surface area contributed by atoms with Gasteiger partial charge in [-0.1, -0.05) is 70.8 Å². The maximum atomic E-state index is 12.5.